The van der Waals surface area contributed by atoms with Gasteiger partial charge in [0.15, 0.2) is 5.79 Å². The van der Waals surface area contributed by atoms with Gasteiger partial charge in [-0.1, -0.05) is 17.7 Å². The van der Waals surface area contributed by atoms with Gasteiger partial charge < -0.3 is 19.3 Å². The molecular weight excluding hydrogens is 402 g/mol. The second-order valence-electron chi connectivity index (χ2n) is 7.73. The van der Waals surface area contributed by atoms with E-state index in [0.717, 1.165) is 17.0 Å². The SMILES string of the molecule is COC(=O)C1=C(C(=O)O)[C@H]2[C@@H]3OC(C)(C)O[C@@H]3[C@@H]1N2S(=O)(=O)c1ccc(C)cc1. The Bertz CT molecular complexity index is 1030. The Morgan fingerprint density at radius 3 is 2.07 bits per heavy atom. The molecule has 4 atom stereocenters. The summed E-state index contributed by atoms with van der Waals surface area (Å²) in [5.74, 6) is -3.33. The summed E-state index contributed by atoms with van der Waals surface area (Å²) in [7, 11) is -3.03. The highest BCUT2D eigenvalue weighted by molar-refractivity contribution is 7.89. The van der Waals surface area contributed by atoms with Gasteiger partial charge in [-0.2, -0.15) is 4.31 Å². The lowest BCUT2D eigenvalue weighted by Gasteiger charge is -2.28. The zero-order valence-electron chi connectivity index (χ0n) is 16.3. The average Bonchev–Trinajstić information content (AvgIpc) is 3.24. The van der Waals surface area contributed by atoms with Crippen LogP contribution in [0.15, 0.2) is 40.3 Å². The summed E-state index contributed by atoms with van der Waals surface area (Å²) < 4.78 is 44.5. The van der Waals surface area contributed by atoms with Crippen molar-refractivity contribution >= 4 is 22.0 Å². The molecule has 3 aliphatic heterocycles. The van der Waals surface area contributed by atoms with Crippen LogP contribution in [-0.4, -0.2) is 67.0 Å². The van der Waals surface area contributed by atoms with Crippen molar-refractivity contribution in [2.24, 2.45) is 0 Å². The van der Waals surface area contributed by atoms with E-state index in [9.17, 15) is 23.1 Å². The lowest BCUT2D eigenvalue weighted by atomic mass is 9.87. The Labute approximate surface area is 167 Å². The number of carbonyl (C=O) groups excluding carboxylic acids is 1. The summed E-state index contributed by atoms with van der Waals surface area (Å²) in [6, 6.07) is 3.83. The summed E-state index contributed by atoms with van der Waals surface area (Å²) in [6.45, 7) is 5.13. The quantitative estimate of drug-likeness (QED) is 0.707. The normalized spacial score (nSPS) is 30.5. The van der Waals surface area contributed by atoms with Crippen LogP contribution < -0.4 is 0 Å². The summed E-state index contributed by atoms with van der Waals surface area (Å²) in [5, 5.41) is 9.81. The van der Waals surface area contributed by atoms with Crippen LogP contribution in [0.25, 0.3) is 0 Å². The van der Waals surface area contributed by atoms with Crippen molar-refractivity contribution in [3.05, 3.63) is 41.0 Å². The third-order valence-electron chi connectivity index (χ3n) is 5.45. The summed E-state index contributed by atoms with van der Waals surface area (Å²) in [4.78, 5) is 24.5. The van der Waals surface area contributed by atoms with Crippen molar-refractivity contribution in [1.82, 2.24) is 4.31 Å². The van der Waals surface area contributed by atoms with Gasteiger partial charge in [-0.15, -0.1) is 0 Å². The number of ether oxygens (including phenoxy) is 3. The largest absolute Gasteiger partial charge is 0.478 e. The van der Waals surface area contributed by atoms with Crippen LogP contribution in [0.5, 0.6) is 0 Å². The lowest BCUT2D eigenvalue weighted by Crippen LogP contribution is -2.43. The van der Waals surface area contributed by atoms with Crippen LogP contribution in [0.2, 0.25) is 0 Å². The topological polar surface area (TPSA) is 119 Å². The minimum atomic E-state index is -4.15. The molecule has 3 heterocycles. The van der Waals surface area contributed by atoms with Gasteiger partial charge in [0.2, 0.25) is 10.0 Å². The summed E-state index contributed by atoms with van der Waals surface area (Å²) in [5.41, 5.74) is 0.321. The minimum Gasteiger partial charge on any atom is -0.478 e. The van der Waals surface area contributed by atoms with E-state index in [4.69, 9.17) is 14.2 Å². The first-order valence-corrected chi connectivity index (χ1v) is 10.4. The first-order chi connectivity index (χ1) is 13.5. The molecule has 1 aromatic rings. The molecule has 0 unspecified atom stereocenters. The first-order valence-electron chi connectivity index (χ1n) is 9.01. The predicted octanol–water partition coefficient (Wildman–Crippen LogP) is 0.824. The number of carbonyl (C=O) groups is 2. The van der Waals surface area contributed by atoms with Gasteiger partial charge in [0, 0.05) is 0 Å². The van der Waals surface area contributed by atoms with Crippen LogP contribution >= 0.6 is 0 Å². The van der Waals surface area contributed by atoms with Crippen LogP contribution in [0.1, 0.15) is 19.4 Å². The Morgan fingerprint density at radius 1 is 1.07 bits per heavy atom. The highest BCUT2D eigenvalue weighted by Gasteiger charge is 2.69. The number of aryl methyl sites for hydroxylation is 1. The molecular formula is C19H21NO8S. The van der Waals surface area contributed by atoms with E-state index in [2.05, 4.69) is 0 Å². The third kappa shape index (κ3) is 2.82. The molecule has 29 heavy (non-hydrogen) atoms. The molecule has 0 radical (unpaired) electrons. The molecule has 4 rings (SSSR count). The molecule has 1 N–H and O–H groups in total. The molecule has 0 amide bonds. The molecule has 0 spiro atoms. The molecule has 9 nitrogen and oxygen atoms in total. The second kappa shape index (κ2) is 6.36. The van der Waals surface area contributed by atoms with Crippen LogP contribution in [0.4, 0.5) is 0 Å². The van der Waals surface area contributed by atoms with Crippen LogP contribution in [-0.2, 0) is 33.8 Å². The summed E-state index contributed by atoms with van der Waals surface area (Å²) in [6.07, 6.45) is -1.68. The van der Waals surface area contributed by atoms with E-state index >= 15 is 0 Å². The molecule has 2 fully saturated rings. The van der Waals surface area contributed by atoms with Crippen LogP contribution in [0.3, 0.4) is 0 Å². The van der Waals surface area contributed by atoms with Crippen molar-refractivity contribution in [1.29, 1.82) is 0 Å². The first kappa shape index (κ1) is 20.0. The summed E-state index contributed by atoms with van der Waals surface area (Å²) >= 11 is 0. The Kier molecular flexibility index (Phi) is 4.39. The number of hydrogen-bond donors (Lipinski definition) is 1. The lowest BCUT2D eigenvalue weighted by molar-refractivity contribution is -0.159. The number of benzene rings is 1. The Hall–Kier alpha value is -2.27. The van der Waals surface area contributed by atoms with E-state index in [1.165, 1.54) is 12.1 Å². The number of sulfonamides is 1. The predicted molar refractivity (Wildman–Crippen MR) is 98.3 cm³/mol. The number of aliphatic carboxylic acids is 1. The molecule has 10 heteroatoms. The number of carboxylic acids is 1. The number of fused-ring (bicyclic) bond motifs is 5. The van der Waals surface area contributed by atoms with Gasteiger partial charge in [-0.25, -0.2) is 18.0 Å². The highest BCUT2D eigenvalue weighted by Crippen LogP contribution is 2.52. The molecule has 3 aliphatic rings. The molecule has 0 saturated carbocycles. The standard InChI is InChI=1S/C19H21NO8S/c1-9-5-7-10(8-6-9)29(24,25)20-13-11(17(21)22)12(18(23)26-4)14(20)16-15(13)27-19(2,3)28-16/h5-8,13-16H,1-4H3,(H,21,22)/t13-,14+,15-,16+/m0/s1. The number of methoxy groups -OCH3 is 1. The average molecular weight is 423 g/mol. The van der Waals surface area contributed by atoms with E-state index in [0.29, 0.717) is 0 Å². The zero-order chi connectivity index (χ0) is 21.3. The van der Waals surface area contributed by atoms with Crippen molar-refractivity contribution in [3.63, 3.8) is 0 Å². The number of nitrogens with zero attached hydrogens (tertiary/aromatic N) is 1. The van der Waals surface area contributed by atoms with Crippen molar-refractivity contribution in [2.75, 3.05) is 7.11 Å². The minimum absolute atomic E-state index is 0.00631. The maximum Gasteiger partial charge on any atom is 0.336 e. The van der Waals surface area contributed by atoms with Crippen molar-refractivity contribution in [2.45, 2.75) is 55.7 Å². The van der Waals surface area contributed by atoms with Crippen LogP contribution in [0, 0.1) is 6.92 Å². The van der Waals surface area contributed by atoms with Gasteiger partial charge >= 0.3 is 11.9 Å². The maximum atomic E-state index is 13.5. The smallest absolute Gasteiger partial charge is 0.336 e. The van der Waals surface area contributed by atoms with Gasteiger partial charge in [0.25, 0.3) is 0 Å². The molecule has 0 aliphatic carbocycles. The fourth-order valence-electron chi connectivity index (χ4n) is 4.38. The van der Waals surface area contributed by atoms with Crippen molar-refractivity contribution in [3.8, 4) is 0 Å². The monoisotopic (exact) mass is 423 g/mol. The van der Waals surface area contributed by atoms with Gasteiger partial charge in [-0.05, 0) is 32.9 Å². The van der Waals surface area contributed by atoms with Gasteiger partial charge in [0.05, 0.1) is 35.2 Å². The van der Waals surface area contributed by atoms with Crippen molar-refractivity contribution < 1.29 is 37.3 Å². The van der Waals surface area contributed by atoms with E-state index < -0.39 is 52.0 Å². The molecule has 1 aromatic carbocycles. The Balaban J connectivity index is 1.88. The fourth-order valence-corrected chi connectivity index (χ4v) is 6.16. The third-order valence-corrected chi connectivity index (χ3v) is 7.33. The van der Waals surface area contributed by atoms with E-state index in [1.54, 1.807) is 26.0 Å². The highest BCUT2D eigenvalue weighted by atomic mass is 32.2. The maximum absolute atomic E-state index is 13.5. The zero-order valence-corrected chi connectivity index (χ0v) is 17.1. The van der Waals surface area contributed by atoms with E-state index in [1.807, 2.05) is 6.92 Å². The second-order valence-corrected chi connectivity index (χ2v) is 9.57. The molecule has 2 saturated heterocycles. The Morgan fingerprint density at radius 2 is 1.59 bits per heavy atom. The number of hydrogen-bond acceptors (Lipinski definition) is 7. The molecule has 2 bridgehead atoms. The molecule has 0 aromatic heterocycles. The number of rotatable bonds is 4. The number of esters is 1. The van der Waals surface area contributed by atoms with Gasteiger partial charge in [-0.3, -0.25) is 0 Å². The van der Waals surface area contributed by atoms with E-state index in [-0.39, 0.29) is 16.0 Å². The molecule has 156 valence electrons. The fraction of sp³-hybridized carbons (Fsp3) is 0.474. The number of carboxylic acid groups (broad SMARTS) is 1. The van der Waals surface area contributed by atoms with Gasteiger partial charge in [0.1, 0.15) is 12.2 Å².